The third-order valence-electron chi connectivity index (χ3n) is 8.90. The number of rotatable bonds is 13. The molecule has 0 atom stereocenters. The van der Waals surface area contributed by atoms with Crippen LogP contribution in [0.25, 0.3) is 11.1 Å². The molecule has 3 amide bonds. The zero-order chi connectivity index (χ0) is 36.3. The fourth-order valence-corrected chi connectivity index (χ4v) is 6.17. The van der Waals surface area contributed by atoms with Crippen molar-refractivity contribution in [1.82, 2.24) is 10.4 Å². The summed E-state index contributed by atoms with van der Waals surface area (Å²) >= 11 is 0. The highest BCUT2D eigenvalue weighted by atomic mass is 16.5. The number of anilines is 3. The van der Waals surface area contributed by atoms with Crippen LogP contribution in [-0.4, -0.2) is 48.9 Å². The first kappa shape index (κ1) is 35.8. The number of hydrogen-bond acceptors (Lipinski definition) is 7. The second kappa shape index (κ2) is 17.3. The van der Waals surface area contributed by atoms with E-state index >= 15 is 0 Å². The maximum atomic E-state index is 14.1. The van der Waals surface area contributed by atoms with Crippen LogP contribution in [-0.2, 0) is 27.5 Å². The zero-order valence-corrected chi connectivity index (χ0v) is 29.3. The van der Waals surface area contributed by atoms with E-state index in [0.717, 1.165) is 41.0 Å². The van der Waals surface area contributed by atoms with Crippen molar-refractivity contribution in [3.8, 4) is 22.6 Å². The highest BCUT2D eigenvalue weighted by molar-refractivity contribution is 5.96. The van der Waals surface area contributed by atoms with E-state index in [1.807, 2.05) is 120 Å². The van der Waals surface area contributed by atoms with Crippen LogP contribution in [0.1, 0.15) is 30.9 Å². The molecule has 0 aromatic heterocycles. The zero-order valence-electron chi connectivity index (χ0n) is 29.3. The quantitative estimate of drug-likeness (QED) is 0.125. The van der Waals surface area contributed by atoms with E-state index in [1.165, 1.54) is 12.6 Å². The van der Waals surface area contributed by atoms with Gasteiger partial charge >= 0.3 is 0 Å². The lowest BCUT2D eigenvalue weighted by atomic mass is 10.0. The second-order valence-electron chi connectivity index (χ2n) is 12.7. The van der Waals surface area contributed by atoms with Crippen LogP contribution in [0.15, 0.2) is 127 Å². The minimum Gasteiger partial charge on any atom is -0.455 e. The normalized spacial score (nSPS) is 12.9. The third kappa shape index (κ3) is 9.63. The molecule has 0 spiro atoms. The van der Waals surface area contributed by atoms with E-state index in [9.17, 15) is 14.4 Å². The highest BCUT2D eigenvalue weighted by Gasteiger charge is 2.23. The molecular formula is C42H44N6O4. The lowest BCUT2D eigenvalue weighted by Crippen LogP contribution is -2.53. The molecule has 1 saturated heterocycles. The van der Waals surface area contributed by atoms with E-state index in [4.69, 9.17) is 10.5 Å². The molecule has 4 N–H and O–H groups in total. The molecular weight excluding hydrogens is 652 g/mol. The van der Waals surface area contributed by atoms with Gasteiger partial charge in [0.05, 0.1) is 12.2 Å². The minimum atomic E-state index is -0.201. The van der Waals surface area contributed by atoms with Crippen LogP contribution in [0.2, 0.25) is 0 Å². The van der Waals surface area contributed by atoms with Crippen LogP contribution >= 0.6 is 0 Å². The summed E-state index contributed by atoms with van der Waals surface area (Å²) in [5.74, 6) is 0.613. The van der Waals surface area contributed by atoms with Crippen molar-refractivity contribution < 1.29 is 19.1 Å². The first-order valence-corrected chi connectivity index (χ1v) is 17.5. The van der Waals surface area contributed by atoms with Gasteiger partial charge < -0.3 is 25.6 Å². The molecule has 5 aromatic carbocycles. The van der Waals surface area contributed by atoms with Crippen molar-refractivity contribution in [3.05, 3.63) is 139 Å². The van der Waals surface area contributed by atoms with Crippen molar-refractivity contribution in [2.24, 2.45) is 5.73 Å². The summed E-state index contributed by atoms with van der Waals surface area (Å²) < 4.78 is 6.33. The summed E-state index contributed by atoms with van der Waals surface area (Å²) in [5.41, 5.74) is 15.2. The van der Waals surface area contributed by atoms with Crippen LogP contribution in [0.4, 0.5) is 17.1 Å². The Balaban J connectivity index is 1.16. The molecule has 0 saturated carbocycles. The van der Waals surface area contributed by atoms with Gasteiger partial charge in [-0.3, -0.25) is 19.8 Å². The number of piperazine rings is 1. The summed E-state index contributed by atoms with van der Waals surface area (Å²) in [4.78, 5) is 42.6. The molecule has 1 fully saturated rings. The number of amides is 3. The van der Waals surface area contributed by atoms with E-state index in [-0.39, 0.29) is 37.1 Å². The fourth-order valence-electron chi connectivity index (χ4n) is 6.17. The summed E-state index contributed by atoms with van der Waals surface area (Å²) in [6.45, 7) is 5.09. The van der Waals surface area contributed by atoms with Crippen molar-refractivity contribution >= 4 is 34.8 Å². The molecule has 0 aliphatic carbocycles. The number of hydrazine groups is 1. The summed E-state index contributed by atoms with van der Waals surface area (Å²) in [7, 11) is 0. The molecule has 5 aromatic rings. The minimum absolute atomic E-state index is 0.0194. The summed E-state index contributed by atoms with van der Waals surface area (Å²) in [6.07, 6.45) is 0.0642. The molecule has 0 unspecified atom stereocenters. The van der Waals surface area contributed by atoms with Crippen LogP contribution < -0.4 is 31.0 Å². The predicted octanol–water partition coefficient (Wildman–Crippen LogP) is 6.73. The lowest BCUT2D eigenvalue weighted by Gasteiger charge is -2.36. The van der Waals surface area contributed by atoms with E-state index in [1.54, 1.807) is 4.90 Å². The Morgan fingerprint density at radius 1 is 0.731 bits per heavy atom. The molecule has 0 bridgehead atoms. The maximum absolute atomic E-state index is 14.1. The van der Waals surface area contributed by atoms with Crippen molar-refractivity contribution in [2.45, 2.75) is 32.9 Å². The number of ether oxygens (including phenoxy) is 1. The monoisotopic (exact) mass is 696 g/mol. The Hall–Kier alpha value is -5.97. The second-order valence-corrected chi connectivity index (χ2v) is 12.7. The summed E-state index contributed by atoms with van der Waals surface area (Å²) in [5, 5.41) is 4.72. The average Bonchev–Trinajstić information content (AvgIpc) is 3.17. The molecule has 266 valence electrons. The van der Waals surface area contributed by atoms with Gasteiger partial charge in [0.2, 0.25) is 17.7 Å². The number of carbonyl (C=O) groups is 3. The van der Waals surface area contributed by atoms with E-state index in [2.05, 4.69) is 27.8 Å². The van der Waals surface area contributed by atoms with Gasteiger partial charge in [-0.1, -0.05) is 78.9 Å². The number of benzene rings is 5. The molecule has 1 aliphatic rings. The lowest BCUT2D eigenvalue weighted by molar-refractivity contribution is -0.128. The van der Waals surface area contributed by atoms with Crippen LogP contribution in [0, 0.1) is 0 Å². The number of nitrogens with two attached hydrogens (primary N) is 1. The first-order chi connectivity index (χ1) is 25.3. The Labute approximate surface area is 304 Å². The van der Waals surface area contributed by atoms with E-state index < -0.39 is 0 Å². The smallest absolute Gasteiger partial charge is 0.234 e. The third-order valence-corrected chi connectivity index (χ3v) is 8.90. The maximum Gasteiger partial charge on any atom is 0.234 e. The molecule has 52 heavy (non-hydrogen) atoms. The Bertz CT molecular complexity index is 1960. The fraction of sp³-hybridized carbons (Fsp3) is 0.214. The van der Waals surface area contributed by atoms with Crippen LogP contribution in [0.3, 0.4) is 0 Å². The number of carbonyl (C=O) groups excluding carboxylic acids is 3. The Morgan fingerprint density at radius 3 is 2.10 bits per heavy atom. The molecule has 0 radical (unpaired) electrons. The van der Waals surface area contributed by atoms with Gasteiger partial charge in [0.1, 0.15) is 5.75 Å². The van der Waals surface area contributed by atoms with E-state index in [0.29, 0.717) is 36.8 Å². The van der Waals surface area contributed by atoms with Gasteiger partial charge in [-0.2, -0.15) is 0 Å². The number of para-hydroxylation sites is 3. The largest absolute Gasteiger partial charge is 0.455 e. The average molecular weight is 697 g/mol. The number of hydrogen-bond donors (Lipinski definition) is 3. The van der Waals surface area contributed by atoms with Crippen molar-refractivity contribution in [1.29, 1.82) is 0 Å². The standard InChI is InChI=1S/C42H44N6O4/c1-31(49)44-36-20-18-35(19-21-36)34-16-14-32(15-17-34)30-48(39-12-5-6-13-40(39)52-38-11-7-8-33(28-38)29-43)42(51)23-22-41(50)45-47-26-24-46(25-27-47)37-9-3-2-4-10-37/h2-21,28H,22-27,29-30,43H2,1H3,(H,44,49)(H,45,50). The number of nitrogens with one attached hydrogen (secondary N) is 2. The Morgan fingerprint density at radius 2 is 1.40 bits per heavy atom. The SMILES string of the molecule is CC(=O)Nc1ccc(-c2ccc(CN(C(=O)CCC(=O)NN3CCN(c4ccccc4)CC3)c3ccccc3Oc3cccc(CN)c3)cc2)cc1. The predicted molar refractivity (Wildman–Crippen MR) is 206 cm³/mol. The van der Waals surface area contributed by atoms with Crippen LogP contribution in [0.5, 0.6) is 11.5 Å². The summed E-state index contributed by atoms with van der Waals surface area (Å²) in [6, 6.07) is 40.9. The number of nitrogens with zero attached hydrogens (tertiary/aromatic N) is 3. The molecule has 10 nitrogen and oxygen atoms in total. The van der Waals surface area contributed by atoms with Gasteiger partial charge in [-0.15, -0.1) is 0 Å². The molecule has 1 heterocycles. The topological polar surface area (TPSA) is 120 Å². The van der Waals surface area contributed by atoms with Gasteiger partial charge in [0.15, 0.2) is 5.75 Å². The first-order valence-electron chi connectivity index (χ1n) is 17.5. The molecule has 10 heteroatoms. The highest BCUT2D eigenvalue weighted by Crippen LogP contribution is 2.34. The Kier molecular flexibility index (Phi) is 11.9. The molecule has 1 aliphatic heterocycles. The molecule has 6 rings (SSSR count). The van der Waals surface area contributed by atoms with Crippen molar-refractivity contribution in [3.63, 3.8) is 0 Å². The van der Waals surface area contributed by atoms with Gasteiger partial charge in [-0.05, 0) is 70.8 Å². The van der Waals surface area contributed by atoms with Gasteiger partial charge in [0.25, 0.3) is 0 Å². The van der Waals surface area contributed by atoms with Gasteiger partial charge in [-0.25, -0.2) is 5.01 Å². The van der Waals surface area contributed by atoms with Gasteiger partial charge in [0, 0.05) is 63.9 Å². The van der Waals surface area contributed by atoms with Crippen molar-refractivity contribution in [2.75, 3.05) is 41.3 Å².